The zero-order valence-corrected chi connectivity index (χ0v) is 16.7. The number of anilines is 1. The summed E-state index contributed by atoms with van der Waals surface area (Å²) in [7, 11) is 0. The maximum Gasteiger partial charge on any atom is 0.295 e. The van der Waals surface area contributed by atoms with Crippen molar-refractivity contribution in [1.29, 1.82) is 0 Å². The third-order valence-corrected chi connectivity index (χ3v) is 4.65. The van der Waals surface area contributed by atoms with Crippen molar-refractivity contribution in [3.63, 3.8) is 0 Å². The van der Waals surface area contributed by atoms with E-state index in [1.165, 1.54) is 6.92 Å². The van der Waals surface area contributed by atoms with E-state index < -0.39 is 5.91 Å². The molecule has 1 amide bonds. The van der Waals surface area contributed by atoms with Gasteiger partial charge < -0.3 is 5.32 Å². The van der Waals surface area contributed by atoms with Crippen LogP contribution in [0.25, 0.3) is 17.1 Å². The second kappa shape index (κ2) is 8.13. The number of rotatable bonds is 5. The van der Waals surface area contributed by atoms with Gasteiger partial charge >= 0.3 is 0 Å². The summed E-state index contributed by atoms with van der Waals surface area (Å²) < 4.78 is 1.66. The summed E-state index contributed by atoms with van der Waals surface area (Å²) in [6.07, 6.45) is 0. The minimum atomic E-state index is -0.446. The van der Waals surface area contributed by atoms with E-state index in [2.05, 4.69) is 15.4 Å². The van der Waals surface area contributed by atoms with Crippen LogP contribution >= 0.6 is 0 Å². The SMILES string of the molecule is CC(=O)c1cccc(NC(=O)c2nc(-c3ccccc3)n(-c3ccc(C)cc3)n2)c1. The van der Waals surface area contributed by atoms with E-state index in [4.69, 9.17) is 0 Å². The first-order valence-corrected chi connectivity index (χ1v) is 9.53. The second-order valence-corrected chi connectivity index (χ2v) is 6.96. The van der Waals surface area contributed by atoms with Gasteiger partial charge in [-0.2, -0.15) is 0 Å². The Balaban J connectivity index is 1.72. The van der Waals surface area contributed by atoms with Crippen LogP contribution in [0.1, 0.15) is 33.5 Å². The topological polar surface area (TPSA) is 76.9 Å². The van der Waals surface area contributed by atoms with Crippen LogP contribution in [-0.2, 0) is 0 Å². The maximum absolute atomic E-state index is 12.8. The molecule has 1 aromatic heterocycles. The van der Waals surface area contributed by atoms with Crippen molar-refractivity contribution >= 4 is 17.4 Å². The van der Waals surface area contributed by atoms with Gasteiger partial charge in [0, 0.05) is 16.8 Å². The highest BCUT2D eigenvalue weighted by atomic mass is 16.2. The summed E-state index contributed by atoms with van der Waals surface area (Å²) in [5.41, 5.74) is 3.83. The average molecular weight is 396 g/mol. The molecule has 1 N–H and O–H groups in total. The maximum atomic E-state index is 12.8. The van der Waals surface area contributed by atoms with Gasteiger partial charge in [-0.1, -0.05) is 60.2 Å². The van der Waals surface area contributed by atoms with E-state index in [-0.39, 0.29) is 11.6 Å². The summed E-state index contributed by atoms with van der Waals surface area (Å²) >= 11 is 0. The molecule has 6 heteroatoms. The van der Waals surface area contributed by atoms with E-state index in [0.29, 0.717) is 17.1 Å². The van der Waals surface area contributed by atoms with Crippen LogP contribution in [0.5, 0.6) is 0 Å². The van der Waals surface area contributed by atoms with Gasteiger partial charge in [0.15, 0.2) is 11.6 Å². The Bertz CT molecular complexity index is 1210. The van der Waals surface area contributed by atoms with E-state index in [1.807, 2.05) is 61.5 Å². The first-order chi connectivity index (χ1) is 14.5. The normalized spacial score (nSPS) is 10.6. The zero-order chi connectivity index (χ0) is 21.1. The molecular formula is C24H20N4O2. The summed E-state index contributed by atoms with van der Waals surface area (Å²) in [5, 5.41) is 7.24. The highest BCUT2D eigenvalue weighted by molar-refractivity contribution is 6.03. The van der Waals surface area contributed by atoms with Crippen molar-refractivity contribution in [2.24, 2.45) is 0 Å². The average Bonchev–Trinajstić information content (AvgIpc) is 3.21. The Labute approximate surface area is 174 Å². The second-order valence-electron chi connectivity index (χ2n) is 6.96. The van der Waals surface area contributed by atoms with Crippen molar-refractivity contribution in [2.75, 3.05) is 5.32 Å². The number of nitrogens with zero attached hydrogens (tertiary/aromatic N) is 3. The van der Waals surface area contributed by atoms with Crippen LogP contribution in [0.4, 0.5) is 5.69 Å². The van der Waals surface area contributed by atoms with E-state index in [9.17, 15) is 9.59 Å². The molecule has 3 aromatic carbocycles. The fourth-order valence-electron chi connectivity index (χ4n) is 3.05. The van der Waals surface area contributed by atoms with Crippen molar-refractivity contribution in [1.82, 2.24) is 14.8 Å². The van der Waals surface area contributed by atoms with Gasteiger partial charge in [0.1, 0.15) is 0 Å². The number of amides is 1. The van der Waals surface area contributed by atoms with E-state index in [1.54, 1.807) is 28.9 Å². The van der Waals surface area contributed by atoms with E-state index in [0.717, 1.165) is 16.8 Å². The van der Waals surface area contributed by atoms with E-state index >= 15 is 0 Å². The Morgan fingerprint density at radius 3 is 2.33 bits per heavy atom. The smallest absolute Gasteiger partial charge is 0.295 e. The molecule has 0 saturated carbocycles. The Hall–Kier alpha value is -4.06. The molecule has 0 aliphatic rings. The number of Topliss-reactive ketones (excluding diaryl/α,β-unsaturated/α-hetero) is 1. The van der Waals surface area contributed by atoms with Gasteiger partial charge in [0.05, 0.1) is 5.69 Å². The first kappa shape index (κ1) is 19.3. The molecule has 0 fully saturated rings. The number of nitrogens with one attached hydrogen (secondary N) is 1. The molecule has 0 unspecified atom stereocenters. The first-order valence-electron chi connectivity index (χ1n) is 9.53. The molecule has 0 radical (unpaired) electrons. The minimum Gasteiger partial charge on any atom is -0.319 e. The fraction of sp³-hybridized carbons (Fsp3) is 0.0833. The molecular weight excluding hydrogens is 376 g/mol. The molecule has 0 spiro atoms. The summed E-state index contributed by atoms with van der Waals surface area (Å²) in [4.78, 5) is 28.9. The number of aryl methyl sites for hydroxylation is 1. The standard InChI is InChI=1S/C24H20N4O2/c1-16-11-13-21(14-12-16)28-23(18-7-4-3-5-8-18)26-22(27-28)24(30)25-20-10-6-9-19(15-20)17(2)29/h3-15H,1-2H3,(H,25,30). The van der Waals surface area contributed by atoms with Crippen LogP contribution in [0, 0.1) is 6.92 Å². The predicted octanol–water partition coefficient (Wildman–Crippen LogP) is 4.70. The highest BCUT2D eigenvalue weighted by Gasteiger charge is 2.19. The zero-order valence-electron chi connectivity index (χ0n) is 16.7. The lowest BCUT2D eigenvalue weighted by molar-refractivity contribution is 0.100. The van der Waals surface area contributed by atoms with Gasteiger partial charge in [-0.3, -0.25) is 9.59 Å². The van der Waals surface area contributed by atoms with Crippen molar-refractivity contribution in [3.8, 4) is 17.1 Å². The number of benzene rings is 3. The summed E-state index contributed by atoms with van der Waals surface area (Å²) in [6.45, 7) is 3.50. The number of carbonyl (C=O) groups excluding carboxylic acids is 2. The lowest BCUT2D eigenvalue weighted by atomic mass is 10.1. The largest absolute Gasteiger partial charge is 0.319 e. The van der Waals surface area contributed by atoms with Gasteiger partial charge in [-0.15, -0.1) is 5.10 Å². The van der Waals surface area contributed by atoms with Crippen LogP contribution in [0.2, 0.25) is 0 Å². The molecule has 0 saturated heterocycles. The number of carbonyl (C=O) groups is 2. The molecule has 4 aromatic rings. The molecule has 0 atom stereocenters. The van der Waals surface area contributed by atoms with Crippen molar-refractivity contribution < 1.29 is 9.59 Å². The van der Waals surface area contributed by atoms with Crippen LogP contribution in [0.15, 0.2) is 78.9 Å². The fourth-order valence-corrected chi connectivity index (χ4v) is 3.05. The third kappa shape index (κ3) is 4.03. The Morgan fingerprint density at radius 1 is 0.900 bits per heavy atom. The number of aromatic nitrogens is 3. The summed E-state index contributed by atoms with van der Waals surface area (Å²) in [6, 6.07) is 24.2. The molecule has 4 rings (SSSR count). The molecule has 148 valence electrons. The minimum absolute atomic E-state index is 0.0441. The third-order valence-electron chi connectivity index (χ3n) is 4.65. The van der Waals surface area contributed by atoms with Crippen molar-refractivity contribution in [2.45, 2.75) is 13.8 Å². The number of ketones is 1. The molecule has 1 heterocycles. The van der Waals surface area contributed by atoms with Gasteiger partial charge in [-0.25, -0.2) is 9.67 Å². The number of hydrogen-bond acceptors (Lipinski definition) is 4. The predicted molar refractivity (Wildman–Crippen MR) is 116 cm³/mol. The lowest BCUT2D eigenvalue weighted by Gasteiger charge is -2.06. The van der Waals surface area contributed by atoms with Crippen LogP contribution in [0.3, 0.4) is 0 Å². The quantitative estimate of drug-likeness (QED) is 0.496. The molecule has 0 aliphatic carbocycles. The van der Waals surface area contributed by atoms with Crippen LogP contribution < -0.4 is 5.32 Å². The van der Waals surface area contributed by atoms with Gasteiger partial charge in [0.2, 0.25) is 5.82 Å². The van der Waals surface area contributed by atoms with Gasteiger partial charge in [-0.05, 0) is 38.1 Å². The molecule has 0 aliphatic heterocycles. The van der Waals surface area contributed by atoms with Crippen LogP contribution in [-0.4, -0.2) is 26.5 Å². The van der Waals surface area contributed by atoms with Crippen molar-refractivity contribution in [3.05, 3.63) is 95.8 Å². The molecule has 6 nitrogen and oxygen atoms in total. The highest BCUT2D eigenvalue weighted by Crippen LogP contribution is 2.22. The molecule has 30 heavy (non-hydrogen) atoms. The monoisotopic (exact) mass is 396 g/mol. The molecule has 0 bridgehead atoms. The number of hydrogen-bond donors (Lipinski definition) is 1. The lowest BCUT2D eigenvalue weighted by Crippen LogP contribution is -2.14. The Morgan fingerprint density at radius 2 is 1.63 bits per heavy atom. The summed E-state index contributed by atoms with van der Waals surface area (Å²) in [5.74, 6) is 0.0997. The Kier molecular flexibility index (Phi) is 5.22. The van der Waals surface area contributed by atoms with Gasteiger partial charge in [0.25, 0.3) is 5.91 Å².